The van der Waals surface area contributed by atoms with Crippen LogP contribution in [0.5, 0.6) is 11.5 Å². The maximum atomic E-state index is 13.0. The van der Waals surface area contributed by atoms with E-state index in [0.717, 1.165) is 6.42 Å². The maximum Gasteiger partial charge on any atom is 0.338 e. The molecule has 9 nitrogen and oxygen atoms in total. The number of benzene rings is 1. The number of carbonyl (C=O) groups is 2. The fraction of sp³-hybridized carbons (Fsp3) is 0.458. The van der Waals surface area contributed by atoms with Crippen LogP contribution in [0.3, 0.4) is 0 Å². The molecule has 0 aromatic heterocycles. The van der Waals surface area contributed by atoms with Gasteiger partial charge in [0.2, 0.25) is 5.88 Å². The number of esters is 2. The normalized spacial score (nSPS) is 15.4. The first-order valence-electron chi connectivity index (χ1n) is 10.9. The Morgan fingerprint density at radius 3 is 2.39 bits per heavy atom. The largest absolute Gasteiger partial charge is 0.490 e. The van der Waals surface area contributed by atoms with Crippen molar-refractivity contribution in [3.8, 4) is 17.6 Å². The summed E-state index contributed by atoms with van der Waals surface area (Å²) in [4.78, 5) is 25.2. The summed E-state index contributed by atoms with van der Waals surface area (Å²) in [7, 11) is 0. The molecule has 33 heavy (non-hydrogen) atoms. The maximum absolute atomic E-state index is 13.0. The van der Waals surface area contributed by atoms with Crippen molar-refractivity contribution < 1.29 is 33.3 Å². The average Bonchev–Trinajstić information content (AvgIpc) is 2.78. The number of ether oxygens (including phenoxy) is 5. The Labute approximate surface area is 193 Å². The molecule has 0 aliphatic carbocycles. The fourth-order valence-corrected chi connectivity index (χ4v) is 3.36. The number of hydrogen-bond donors (Lipinski definition) is 1. The van der Waals surface area contributed by atoms with Crippen LogP contribution in [0.25, 0.3) is 0 Å². The fourth-order valence-electron chi connectivity index (χ4n) is 3.36. The Kier molecular flexibility index (Phi) is 9.61. The van der Waals surface area contributed by atoms with Gasteiger partial charge in [-0.1, -0.05) is 13.0 Å². The van der Waals surface area contributed by atoms with Crippen LogP contribution in [0.1, 0.15) is 52.0 Å². The van der Waals surface area contributed by atoms with Crippen LogP contribution in [0.2, 0.25) is 0 Å². The number of rotatable bonds is 11. The van der Waals surface area contributed by atoms with Gasteiger partial charge in [-0.2, -0.15) is 5.26 Å². The van der Waals surface area contributed by atoms with Crippen LogP contribution < -0.4 is 15.2 Å². The van der Waals surface area contributed by atoms with Gasteiger partial charge < -0.3 is 29.4 Å². The molecular weight excluding hydrogens is 428 g/mol. The number of carbonyl (C=O) groups excluding carboxylic acids is 2. The van der Waals surface area contributed by atoms with Crippen molar-refractivity contribution in [3.63, 3.8) is 0 Å². The number of nitrogens with two attached hydrogens (primary N) is 1. The highest BCUT2D eigenvalue weighted by molar-refractivity contribution is 5.93. The first-order valence-corrected chi connectivity index (χ1v) is 10.9. The summed E-state index contributed by atoms with van der Waals surface area (Å²) in [6.45, 7) is 8.30. The lowest BCUT2D eigenvalue weighted by molar-refractivity contribution is -0.143. The average molecular weight is 459 g/mol. The third kappa shape index (κ3) is 6.19. The molecule has 1 aliphatic rings. The van der Waals surface area contributed by atoms with Gasteiger partial charge in [0.15, 0.2) is 11.5 Å². The molecule has 0 radical (unpaired) electrons. The van der Waals surface area contributed by atoms with Crippen LogP contribution in [-0.2, 0) is 23.8 Å². The molecular formula is C24H30N2O7. The zero-order chi connectivity index (χ0) is 24.4. The van der Waals surface area contributed by atoms with Crippen LogP contribution in [0, 0.1) is 11.3 Å². The molecule has 1 heterocycles. The molecule has 9 heteroatoms. The topological polar surface area (TPSA) is 130 Å². The van der Waals surface area contributed by atoms with Gasteiger partial charge in [-0.3, -0.25) is 4.79 Å². The second kappa shape index (κ2) is 12.4. The third-order valence-corrected chi connectivity index (χ3v) is 4.67. The molecule has 1 atom stereocenters. The summed E-state index contributed by atoms with van der Waals surface area (Å²) in [5.74, 6) is -1.45. The molecule has 0 amide bonds. The monoisotopic (exact) mass is 458 g/mol. The van der Waals surface area contributed by atoms with Crippen molar-refractivity contribution in [1.29, 1.82) is 5.26 Å². The molecule has 0 saturated heterocycles. The molecule has 178 valence electrons. The zero-order valence-corrected chi connectivity index (χ0v) is 19.4. The number of nitriles is 1. The van der Waals surface area contributed by atoms with Gasteiger partial charge in [0.1, 0.15) is 23.8 Å². The third-order valence-electron chi connectivity index (χ3n) is 4.67. The van der Waals surface area contributed by atoms with Gasteiger partial charge >= 0.3 is 11.9 Å². The van der Waals surface area contributed by atoms with Crippen LogP contribution in [0.4, 0.5) is 0 Å². The minimum atomic E-state index is -0.924. The van der Waals surface area contributed by atoms with Gasteiger partial charge in [0.05, 0.1) is 37.9 Å². The minimum Gasteiger partial charge on any atom is -0.490 e. The molecule has 0 saturated carbocycles. The molecule has 2 rings (SSSR count). The summed E-state index contributed by atoms with van der Waals surface area (Å²) in [6.07, 6.45) is 0.478. The van der Waals surface area contributed by atoms with Crippen LogP contribution in [-0.4, -0.2) is 38.4 Å². The first-order chi connectivity index (χ1) is 15.9. The molecule has 1 aromatic carbocycles. The predicted molar refractivity (Wildman–Crippen MR) is 119 cm³/mol. The Morgan fingerprint density at radius 1 is 1.06 bits per heavy atom. The summed E-state index contributed by atoms with van der Waals surface area (Å²) in [5.41, 5.74) is 6.60. The second-order valence-electron chi connectivity index (χ2n) is 6.95. The van der Waals surface area contributed by atoms with Gasteiger partial charge in [0.25, 0.3) is 0 Å². The summed E-state index contributed by atoms with van der Waals surface area (Å²) < 4.78 is 27.3. The predicted octanol–water partition coefficient (Wildman–Crippen LogP) is 3.45. The lowest BCUT2D eigenvalue weighted by Gasteiger charge is -2.28. The molecule has 1 aromatic rings. The molecule has 2 N–H and O–H groups in total. The summed E-state index contributed by atoms with van der Waals surface area (Å²) in [6, 6.07) is 7.15. The number of allylic oxidation sites excluding steroid dienone is 1. The van der Waals surface area contributed by atoms with Crippen molar-refractivity contribution in [2.45, 2.75) is 46.5 Å². The Morgan fingerprint density at radius 2 is 1.79 bits per heavy atom. The Bertz CT molecular complexity index is 976. The van der Waals surface area contributed by atoms with Crippen molar-refractivity contribution in [3.05, 3.63) is 46.6 Å². The van der Waals surface area contributed by atoms with Crippen molar-refractivity contribution in [1.82, 2.24) is 0 Å². The van der Waals surface area contributed by atoms with Crippen LogP contribution >= 0.6 is 0 Å². The number of nitrogens with zero attached hydrogens (tertiary/aromatic N) is 1. The van der Waals surface area contributed by atoms with E-state index in [1.54, 1.807) is 32.0 Å². The summed E-state index contributed by atoms with van der Waals surface area (Å²) >= 11 is 0. The van der Waals surface area contributed by atoms with E-state index in [4.69, 9.17) is 29.4 Å². The number of hydrogen-bond acceptors (Lipinski definition) is 9. The highest BCUT2D eigenvalue weighted by Gasteiger charge is 2.38. The lowest BCUT2D eigenvalue weighted by atomic mass is 9.82. The van der Waals surface area contributed by atoms with Gasteiger partial charge in [-0.05, 0) is 44.9 Å². The van der Waals surface area contributed by atoms with E-state index in [1.165, 1.54) is 0 Å². The van der Waals surface area contributed by atoms with Crippen LogP contribution in [0.15, 0.2) is 41.0 Å². The molecule has 0 fully saturated rings. The van der Waals surface area contributed by atoms with Crippen molar-refractivity contribution in [2.75, 3.05) is 26.4 Å². The van der Waals surface area contributed by atoms with E-state index in [9.17, 15) is 14.9 Å². The highest BCUT2D eigenvalue weighted by atomic mass is 16.5. The van der Waals surface area contributed by atoms with Gasteiger partial charge in [-0.25, -0.2) is 4.79 Å². The van der Waals surface area contributed by atoms with E-state index >= 15 is 0 Å². The van der Waals surface area contributed by atoms with E-state index in [0.29, 0.717) is 30.3 Å². The van der Waals surface area contributed by atoms with Crippen molar-refractivity contribution in [2.24, 2.45) is 5.73 Å². The van der Waals surface area contributed by atoms with E-state index in [1.807, 2.05) is 19.9 Å². The Balaban J connectivity index is 2.67. The minimum absolute atomic E-state index is 0.0142. The standard InChI is InChI=1S/C24H30N2O7/c1-5-11-32-17-10-9-15(12-18(17)29-6-2)21-16(14-25)23(26)33-19(13-20(27)30-7-3)22(21)24(28)31-8-4/h9-10,12,21H,5-8,11,13,26H2,1-4H3/t21-/m0/s1. The Hall–Kier alpha value is -3.67. The zero-order valence-electron chi connectivity index (χ0n) is 19.4. The quantitative estimate of drug-likeness (QED) is 0.495. The summed E-state index contributed by atoms with van der Waals surface area (Å²) in [5, 5.41) is 9.83. The second-order valence-corrected chi connectivity index (χ2v) is 6.95. The molecule has 1 aliphatic heterocycles. The molecule has 0 spiro atoms. The van der Waals surface area contributed by atoms with E-state index < -0.39 is 17.9 Å². The van der Waals surface area contributed by atoms with Crippen molar-refractivity contribution >= 4 is 11.9 Å². The molecule has 0 unspecified atom stereocenters. The van der Waals surface area contributed by atoms with Gasteiger partial charge in [-0.15, -0.1) is 0 Å². The SMILES string of the molecule is CCCOc1ccc([C@H]2C(C#N)=C(N)OC(CC(=O)OCC)=C2C(=O)OCC)cc1OCC. The highest BCUT2D eigenvalue weighted by Crippen LogP contribution is 2.43. The van der Waals surface area contributed by atoms with Gasteiger partial charge in [0, 0.05) is 0 Å². The lowest BCUT2D eigenvalue weighted by Crippen LogP contribution is -2.27. The smallest absolute Gasteiger partial charge is 0.338 e. The van der Waals surface area contributed by atoms with E-state index in [2.05, 4.69) is 0 Å². The first kappa shape index (κ1) is 25.6. The van der Waals surface area contributed by atoms with E-state index in [-0.39, 0.29) is 42.4 Å². The molecule has 0 bridgehead atoms.